The second-order valence-corrected chi connectivity index (χ2v) is 4.89. The zero-order valence-electron chi connectivity index (χ0n) is 9.72. The van der Waals surface area contributed by atoms with Crippen LogP contribution >= 0.6 is 23.4 Å². The van der Waals surface area contributed by atoms with Crippen LogP contribution in [-0.4, -0.2) is 40.0 Å². The first kappa shape index (κ1) is 14.8. The van der Waals surface area contributed by atoms with Crippen molar-refractivity contribution in [2.75, 3.05) is 12.0 Å². The van der Waals surface area contributed by atoms with Gasteiger partial charge >= 0.3 is 5.97 Å². The summed E-state index contributed by atoms with van der Waals surface area (Å²) in [4.78, 5) is 26.6. The van der Waals surface area contributed by atoms with E-state index in [1.165, 1.54) is 30.2 Å². The Morgan fingerprint density at radius 3 is 2.89 bits per heavy atom. The highest BCUT2D eigenvalue weighted by atomic mass is 35.5. The second-order valence-electron chi connectivity index (χ2n) is 3.50. The van der Waals surface area contributed by atoms with Gasteiger partial charge in [-0.2, -0.15) is 11.8 Å². The third-order valence-electron chi connectivity index (χ3n) is 2.23. The number of aliphatic carboxylic acids is 1. The van der Waals surface area contributed by atoms with Gasteiger partial charge in [-0.25, -0.2) is 4.79 Å². The quantitative estimate of drug-likeness (QED) is 0.832. The normalized spacial score (nSPS) is 11.9. The number of carbonyl (C=O) groups is 2. The van der Waals surface area contributed by atoms with E-state index < -0.39 is 17.9 Å². The Balaban J connectivity index is 2.72. The standard InChI is InChI=1S/C11H13ClN2O3S/c1-18-5-3-9(11(16)17)14-10(15)7-2-4-13-6-8(7)12/h2,4,6,9H,3,5H2,1H3,(H,14,15)(H,16,17)/t9-/m1/s1. The van der Waals surface area contributed by atoms with Crippen LogP contribution in [0.25, 0.3) is 0 Å². The number of halogens is 1. The highest BCUT2D eigenvalue weighted by molar-refractivity contribution is 7.98. The molecule has 1 atom stereocenters. The number of hydrogen-bond acceptors (Lipinski definition) is 4. The number of nitrogens with zero attached hydrogens (tertiary/aromatic N) is 1. The largest absolute Gasteiger partial charge is 0.480 e. The van der Waals surface area contributed by atoms with Crippen LogP contribution in [0, 0.1) is 0 Å². The highest BCUT2D eigenvalue weighted by Gasteiger charge is 2.21. The molecule has 0 aliphatic rings. The van der Waals surface area contributed by atoms with E-state index in [9.17, 15) is 9.59 Å². The SMILES string of the molecule is CSCC[C@@H](NC(=O)c1ccncc1Cl)C(=O)O. The number of amides is 1. The summed E-state index contributed by atoms with van der Waals surface area (Å²) in [6, 6.07) is 0.541. The minimum Gasteiger partial charge on any atom is -0.480 e. The molecule has 1 heterocycles. The summed E-state index contributed by atoms with van der Waals surface area (Å²) >= 11 is 7.33. The van der Waals surface area contributed by atoms with E-state index in [4.69, 9.17) is 16.7 Å². The number of aromatic nitrogens is 1. The fourth-order valence-corrected chi connectivity index (χ4v) is 1.96. The molecule has 0 aliphatic heterocycles. The van der Waals surface area contributed by atoms with Gasteiger partial charge in [-0.3, -0.25) is 9.78 Å². The molecule has 0 aliphatic carbocycles. The van der Waals surface area contributed by atoms with Crippen molar-refractivity contribution in [3.8, 4) is 0 Å². The Kier molecular flexibility index (Phi) is 5.94. The predicted octanol–water partition coefficient (Wildman–Crippen LogP) is 1.67. The van der Waals surface area contributed by atoms with Crippen molar-refractivity contribution in [1.82, 2.24) is 10.3 Å². The maximum atomic E-state index is 11.9. The molecule has 0 fully saturated rings. The van der Waals surface area contributed by atoms with Crippen molar-refractivity contribution in [3.63, 3.8) is 0 Å². The Morgan fingerprint density at radius 1 is 1.61 bits per heavy atom. The molecule has 5 nitrogen and oxygen atoms in total. The van der Waals surface area contributed by atoms with Crippen LogP contribution in [0.3, 0.4) is 0 Å². The van der Waals surface area contributed by atoms with Crippen LogP contribution in [-0.2, 0) is 4.79 Å². The molecular weight excluding hydrogens is 276 g/mol. The van der Waals surface area contributed by atoms with Crippen LogP contribution < -0.4 is 5.32 Å². The molecule has 0 unspecified atom stereocenters. The lowest BCUT2D eigenvalue weighted by molar-refractivity contribution is -0.139. The zero-order valence-corrected chi connectivity index (χ0v) is 11.3. The molecule has 98 valence electrons. The van der Waals surface area contributed by atoms with Gasteiger partial charge in [0.2, 0.25) is 0 Å². The fourth-order valence-electron chi connectivity index (χ4n) is 1.29. The summed E-state index contributed by atoms with van der Waals surface area (Å²) in [5.41, 5.74) is 0.224. The Labute approximate surface area is 114 Å². The molecule has 0 saturated heterocycles. The van der Waals surface area contributed by atoms with Crippen molar-refractivity contribution >= 4 is 35.2 Å². The van der Waals surface area contributed by atoms with Crippen molar-refractivity contribution in [2.45, 2.75) is 12.5 Å². The molecule has 0 bridgehead atoms. The number of pyridine rings is 1. The van der Waals surface area contributed by atoms with Gasteiger partial charge in [0.15, 0.2) is 0 Å². The highest BCUT2D eigenvalue weighted by Crippen LogP contribution is 2.13. The fraction of sp³-hybridized carbons (Fsp3) is 0.364. The van der Waals surface area contributed by atoms with E-state index in [0.717, 1.165) is 0 Å². The topological polar surface area (TPSA) is 79.3 Å². The van der Waals surface area contributed by atoms with E-state index >= 15 is 0 Å². The first-order valence-corrected chi connectivity index (χ1v) is 6.95. The summed E-state index contributed by atoms with van der Waals surface area (Å²) < 4.78 is 0. The van der Waals surface area contributed by atoms with Crippen LogP contribution in [0.4, 0.5) is 0 Å². The molecule has 1 rings (SSSR count). The van der Waals surface area contributed by atoms with Gasteiger partial charge in [0.1, 0.15) is 6.04 Å². The molecule has 0 spiro atoms. The molecule has 0 aromatic carbocycles. The van der Waals surface area contributed by atoms with Gasteiger partial charge in [0, 0.05) is 12.4 Å². The van der Waals surface area contributed by atoms with E-state index in [2.05, 4.69) is 10.3 Å². The second kappa shape index (κ2) is 7.23. The number of nitrogens with one attached hydrogen (secondary N) is 1. The summed E-state index contributed by atoms with van der Waals surface area (Å²) in [5.74, 6) is -0.903. The van der Waals surface area contributed by atoms with E-state index in [0.29, 0.717) is 12.2 Å². The third-order valence-corrected chi connectivity index (χ3v) is 3.18. The Bertz CT molecular complexity index is 442. The zero-order chi connectivity index (χ0) is 13.5. The summed E-state index contributed by atoms with van der Waals surface area (Å²) in [7, 11) is 0. The maximum absolute atomic E-state index is 11.9. The lowest BCUT2D eigenvalue weighted by Crippen LogP contribution is -2.41. The van der Waals surface area contributed by atoms with Crippen LogP contribution in [0.2, 0.25) is 5.02 Å². The average molecular weight is 289 g/mol. The number of thioether (sulfide) groups is 1. The number of carboxylic acid groups (broad SMARTS) is 1. The van der Waals surface area contributed by atoms with Gasteiger partial charge in [-0.15, -0.1) is 0 Å². The predicted molar refractivity (Wildman–Crippen MR) is 71.1 cm³/mol. The molecule has 0 saturated carbocycles. The van der Waals surface area contributed by atoms with Crippen molar-refractivity contribution < 1.29 is 14.7 Å². The lowest BCUT2D eigenvalue weighted by atomic mass is 10.2. The number of carbonyl (C=O) groups excluding carboxylic acids is 1. The molecule has 7 heteroatoms. The van der Waals surface area contributed by atoms with E-state index in [1.54, 1.807) is 0 Å². The van der Waals surface area contributed by atoms with E-state index in [-0.39, 0.29) is 10.6 Å². The molecule has 18 heavy (non-hydrogen) atoms. The molecular formula is C11H13ClN2O3S. The van der Waals surface area contributed by atoms with Gasteiger partial charge in [-0.1, -0.05) is 11.6 Å². The van der Waals surface area contributed by atoms with Crippen LogP contribution in [0.5, 0.6) is 0 Å². The third kappa shape index (κ3) is 4.19. The molecule has 2 N–H and O–H groups in total. The number of carboxylic acids is 1. The summed E-state index contributed by atoms with van der Waals surface area (Å²) in [6.07, 6.45) is 5.01. The Morgan fingerprint density at radius 2 is 2.33 bits per heavy atom. The molecule has 1 amide bonds. The van der Waals surface area contributed by atoms with E-state index in [1.807, 2.05) is 6.26 Å². The molecule has 1 aromatic rings. The van der Waals surface area contributed by atoms with Crippen LogP contribution in [0.1, 0.15) is 16.8 Å². The lowest BCUT2D eigenvalue weighted by Gasteiger charge is -2.14. The number of hydrogen-bond donors (Lipinski definition) is 2. The summed E-state index contributed by atoms with van der Waals surface area (Å²) in [5, 5.41) is 11.6. The van der Waals surface area contributed by atoms with Crippen molar-refractivity contribution in [1.29, 1.82) is 0 Å². The van der Waals surface area contributed by atoms with Crippen LogP contribution in [0.15, 0.2) is 18.5 Å². The van der Waals surface area contributed by atoms with Gasteiger partial charge in [0.05, 0.1) is 10.6 Å². The Hall–Kier alpha value is -1.27. The first-order valence-electron chi connectivity index (χ1n) is 5.18. The molecule has 0 radical (unpaired) electrons. The van der Waals surface area contributed by atoms with Crippen molar-refractivity contribution in [2.24, 2.45) is 0 Å². The average Bonchev–Trinajstić information content (AvgIpc) is 2.34. The number of rotatable bonds is 6. The maximum Gasteiger partial charge on any atom is 0.326 e. The van der Waals surface area contributed by atoms with Gasteiger partial charge in [0.25, 0.3) is 5.91 Å². The smallest absolute Gasteiger partial charge is 0.326 e. The molecule has 1 aromatic heterocycles. The van der Waals surface area contributed by atoms with Crippen molar-refractivity contribution in [3.05, 3.63) is 29.0 Å². The monoisotopic (exact) mass is 288 g/mol. The summed E-state index contributed by atoms with van der Waals surface area (Å²) in [6.45, 7) is 0. The van der Waals surface area contributed by atoms with Gasteiger partial charge in [-0.05, 0) is 24.5 Å². The minimum atomic E-state index is -1.05. The first-order chi connectivity index (χ1) is 8.56. The minimum absolute atomic E-state index is 0.198. The van der Waals surface area contributed by atoms with Gasteiger partial charge < -0.3 is 10.4 Å².